The van der Waals surface area contributed by atoms with Crippen molar-refractivity contribution >= 4 is 29.0 Å². The zero-order valence-electron chi connectivity index (χ0n) is 18.0. The van der Waals surface area contributed by atoms with Gasteiger partial charge in [0.25, 0.3) is 0 Å². The van der Waals surface area contributed by atoms with E-state index in [1.807, 2.05) is 36.4 Å². The van der Waals surface area contributed by atoms with Gasteiger partial charge in [0.05, 0.1) is 0 Å². The second-order valence-corrected chi connectivity index (χ2v) is 8.55. The van der Waals surface area contributed by atoms with E-state index >= 15 is 0 Å². The summed E-state index contributed by atoms with van der Waals surface area (Å²) in [7, 11) is 2.14. The van der Waals surface area contributed by atoms with Crippen LogP contribution in [0.3, 0.4) is 0 Å². The van der Waals surface area contributed by atoms with E-state index < -0.39 is 0 Å². The second kappa shape index (κ2) is 10.7. The van der Waals surface area contributed by atoms with Gasteiger partial charge in [-0.15, -0.1) is 0 Å². The average molecular weight is 427 g/mol. The van der Waals surface area contributed by atoms with Gasteiger partial charge in [0.2, 0.25) is 5.91 Å². The Labute approximate surface area is 184 Å². The van der Waals surface area contributed by atoms with E-state index in [9.17, 15) is 9.59 Å². The first-order chi connectivity index (χ1) is 14.5. The zero-order valence-corrected chi connectivity index (χ0v) is 18.8. The van der Waals surface area contributed by atoms with Crippen molar-refractivity contribution in [3.8, 4) is 0 Å². The predicted molar refractivity (Wildman–Crippen MR) is 124 cm³/mol. The maximum Gasteiger partial charge on any atom is 0.223 e. The smallest absolute Gasteiger partial charge is 0.223 e. The molecule has 5 heteroatoms. The summed E-state index contributed by atoms with van der Waals surface area (Å²) >= 11 is 6.22. The summed E-state index contributed by atoms with van der Waals surface area (Å²) in [5.41, 5.74) is 4.03. The molecular formula is C25H31ClN2O2. The molecular weight excluding hydrogens is 396 g/mol. The van der Waals surface area contributed by atoms with Crippen LogP contribution < -0.4 is 4.90 Å². The Hall–Kier alpha value is -2.17. The fraction of sp³-hybridized carbons (Fsp3) is 0.440. The number of ketones is 1. The first kappa shape index (κ1) is 22.5. The van der Waals surface area contributed by atoms with Gasteiger partial charge in [0, 0.05) is 42.7 Å². The molecule has 1 aliphatic rings. The van der Waals surface area contributed by atoms with Crippen LogP contribution in [-0.4, -0.2) is 43.3 Å². The molecule has 3 rings (SSSR count). The molecule has 0 aliphatic carbocycles. The molecule has 0 spiro atoms. The average Bonchev–Trinajstić information content (AvgIpc) is 3.16. The van der Waals surface area contributed by atoms with Crippen molar-refractivity contribution in [1.82, 2.24) is 4.90 Å². The second-order valence-electron chi connectivity index (χ2n) is 8.14. The van der Waals surface area contributed by atoms with E-state index in [1.165, 1.54) is 5.56 Å². The molecule has 0 unspecified atom stereocenters. The number of benzene rings is 2. The van der Waals surface area contributed by atoms with Gasteiger partial charge in [0.15, 0.2) is 5.78 Å². The number of unbranched alkanes of at least 4 members (excludes halogenated alkanes) is 2. The first-order valence-electron chi connectivity index (χ1n) is 10.8. The first-order valence-corrected chi connectivity index (χ1v) is 11.2. The maximum atomic E-state index is 12.5. The zero-order chi connectivity index (χ0) is 21.5. The van der Waals surface area contributed by atoms with Crippen molar-refractivity contribution in [3.05, 3.63) is 64.2 Å². The molecule has 1 amide bonds. The van der Waals surface area contributed by atoms with Crippen LogP contribution in [0.15, 0.2) is 42.5 Å². The minimum Gasteiger partial charge on any atom is -0.312 e. The number of hydrogen-bond donors (Lipinski definition) is 0. The van der Waals surface area contributed by atoms with Crippen LogP contribution >= 0.6 is 11.6 Å². The molecule has 1 aliphatic heterocycles. The summed E-state index contributed by atoms with van der Waals surface area (Å²) in [6.45, 7) is 4.31. The number of halogens is 1. The highest BCUT2D eigenvalue weighted by Crippen LogP contribution is 2.29. The summed E-state index contributed by atoms with van der Waals surface area (Å²) < 4.78 is 0. The molecule has 0 bridgehead atoms. The van der Waals surface area contributed by atoms with Gasteiger partial charge < -0.3 is 9.80 Å². The molecule has 1 heterocycles. The van der Waals surface area contributed by atoms with Crippen LogP contribution in [0.25, 0.3) is 0 Å². The van der Waals surface area contributed by atoms with Gasteiger partial charge in [-0.1, -0.05) is 36.2 Å². The van der Waals surface area contributed by atoms with Gasteiger partial charge in [0.1, 0.15) is 0 Å². The summed E-state index contributed by atoms with van der Waals surface area (Å²) in [4.78, 5) is 28.3. The van der Waals surface area contributed by atoms with E-state index in [1.54, 1.807) is 11.8 Å². The van der Waals surface area contributed by atoms with Crippen molar-refractivity contribution < 1.29 is 9.59 Å². The van der Waals surface area contributed by atoms with Crippen LogP contribution in [0, 0.1) is 0 Å². The Morgan fingerprint density at radius 3 is 2.63 bits per heavy atom. The topological polar surface area (TPSA) is 40.6 Å². The molecule has 0 aromatic heterocycles. The molecule has 160 valence electrons. The normalized spacial score (nSPS) is 13.0. The number of fused-ring (bicyclic) bond motifs is 1. The summed E-state index contributed by atoms with van der Waals surface area (Å²) in [6, 6.07) is 13.8. The SMILES string of the molecule is CC(=O)N1CCc2cc(C(=O)CCCCCN(C)CCc3ccccc3Cl)ccc21. The molecule has 0 atom stereocenters. The summed E-state index contributed by atoms with van der Waals surface area (Å²) in [5, 5.41) is 0.838. The summed E-state index contributed by atoms with van der Waals surface area (Å²) in [5.74, 6) is 0.260. The van der Waals surface area contributed by atoms with E-state index in [4.69, 9.17) is 11.6 Å². The molecule has 30 heavy (non-hydrogen) atoms. The Morgan fingerprint density at radius 2 is 1.87 bits per heavy atom. The third-order valence-electron chi connectivity index (χ3n) is 5.84. The van der Waals surface area contributed by atoms with E-state index in [0.717, 1.165) is 67.0 Å². The van der Waals surface area contributed by atoms with Gasteiger partial charge in [-0.3, -0.25) is 9.59 Å². The minimum absolute atomic E-state index is 0.0599. The molecule has 0 N–H and O–H groups in total. The molecule has 0 saturated heterocycles. The van der Waals surface area contributed by atoms with Crippen LogP contribution in [0.2, 0.25) is 5.02 Å². The number of rotatable bonds is 10. The number of hydrogen-bond acceptors (Lipinski definition) is 3. The lowest BCUT2D eigenvalue weighted by Crippen LogP contribution is -2.25. The third-order valence-corrected chi connectivity index (χ3v) is 6.21. The van der Waals surface area contributed by atoms with Gasteiger partial charge in [-0.25, -0.2) is 0 Å². The highest BCUT2D eigenvalue weighted by atomic mass is 35.5. The Balaban J connectivity index is 1.35. The van der Waals surface area contributed by atoms with E-state index in [-0.39, 0.29) is 11.7 Å². The van der Waals surface area contributed by atoms with E-state index in [2.05, 4.69) is 18.0 Å². The number of anilines is 1. The summed E-state index contributed by atoms with van der Waals surface area (Å²) in [6.07, 6.45) is 5.41. The Bertz CT molecular complexity index is 896. The van der Waals surface area contributed by atoms with Crippen LogP contribution in [0.5, 0.6) is 0 Å². The molecule has 4 nitrogen and oxygen atoms in total. The predicted octanol–water partition coefficient (Wildman–Crippen LogP) is 5.17. The third kappa shape index (κ3) is 5.93. The lowest BCUT2D eigenvalue weighted by atomic mass is 10.0. The van der Waals surface area contributed by atoms with Crippen molar-refractivity contribution in [3.63, 3.8) is 0 Å². The monoisotopic (exact) mass is 426 g/mol. The molecule has 0 saturated carbocycles. The fourth-order valence-corrected chi connectivity index (χ4v) is 4.25. The Kier molecular flexibility index (Phi) is 8.06. The quantitative estimate of drug-likeness (QED) is 0.389. The largest absolute Gasteiger partial charge is 0.312 e. The maximum absolute atomic E-state index is 12.5. The minimum atomic E-state index is 0.0599. The van der Waals surface area contributed by atoms with Crippen LogP contribution in [0.1, 0.15) is 54.1 Å². The van der Waals surface area contributed by atoms with Gasteiger partial charge >= 0.3 is 0 Å². The highest BCUT2D eigenvalue weighted by molar-refractivity contribution is 6.31. The number of likely N-dealkylation sites (N-methyl/N-ethyl adjacent to an activating group) is 1. The number of carbonyl (C=O) groups is 2. The lowest BCUT2D eigenvalue weighted by Gasteiger charge is -2.17. The van der Waals surface area contributed by atoms with E-state index in [0.29, 0.717) is 13.0 Å². The molecule has 0 radical (unpaired) electrons. The van der Waals surface area contributed by atoms with Gasteiger partial charge in [-0.2, -0.15) is 0 Å². The molecule has 2 aromatic rings. The number of amides is 1. The number of carbonyl (C=O) groups excluding carboxylic acids is 2. The van der Waals surface area contributed by atoms with Crippen molar-refractivity contribution in [2.45, 2.75) is 45.4 Å². The highest BCUT2D eigenvalue weighted by Gasteiger charge is 2.22. The van der Waals surface area contributed by atoms with Crippen molar-refractivity contribution in [2.24, 2.45) is 0 Å². The van der Waals surface area contributed by atoms with Crippen LogP contribution in [0.4, 0.5) is 5.69 Å². The number of nitrogens with zero attached hydrogens (tertiary/aromatic N) is 2. The van der Waals surface area contributed by atoms with Crippen LogP contribution in [-0.2, 0) is 17.6 Å². The number of Topliss-reactive ketones (excluding diaryl/α,β-unsaturated/α-hetero) is 1. The molecule has 2 aromatic carbocycles. The van der Waals surface area contributed by atoms with Crippen molar-refractivity contribution in [1.29, 1.82) is 0 Å². The van der Waals surface area contributed by atoms with Crippen molar-refractivity contribution in [2.75, 3.05) is 31.6 Å². The fourth-order valence-electron chi connectivity index (χ4n) is 4.01. The molecule has 0 fully saturated rings. The standard InChI is InChI=1S/C25H31ClN2O2/c1-19(29)28-17-14-21-18-22(11-12-24(21)28)25(30)10-4-3-7-15-27(2)16-13-20-8-5-6-9-23(20)26/h5-6,8-9,11-12,18H,3-4,7,10,13-17H2,1-2H3. The Morgan fingerprint density at radius 1 is 1.07 bits per heavy atom. The lowest BCUT2D eigenvalue weighted by molar-refractivity contribution is -0.116. The van der Waals surface area contributed by atoms with Gasteiger partial charge in [-0.05, 0) is 74.7 Å².